The fourth-order valence-corrected chi connectivity index (χ4v) is 2.63. The summed E-state index contributed by atoms with van der Waals surface area (Å²) in [5, 5.41) is 6.32. The molecule has 0 spiro atoms. The van der Waals surface area contributed by atoms with Gasteiger partial charge in [-0.25, -0.2) is 0 Å². The third-order valence-corrected chi connectivity index (χ3v) is 3.96. The summed E-state index contributed by atoms with van der Waals surface area (Å²) in [5.74, 6) is -0.235. The van der Waals surface area contributed by atoms with Gasteiger partial charge in [-0.05, 0) is 13.0 Å². The smallest absolute Gasteiger partial charge is 0.338 e. The Morgan fingerprint density at radius 3 is 2.84 bits per heavy atom. The monoisotopic (exact) mass is 290 g/mol. The highest BCUT2D eigenvalue weighted by Crippen LogP contribution is 2.45. The van der Waals surface area contributed by atoms with Crippen LogP contribution < -0.4 is 5.32 Å². The highest BCUT2D eigenvalue weighted by atomic mass is 32.1. The molecule has 3 rings (SSSR count). The molecule has 0 amide bonds. The summed E-state index contributed by atoms with van der Waals surface area (Å²) in [7, 11) is 0. The molecule has 0 bridgehead atoms. The highest BCUT2D eigenvalue weighted by molar-refractivity contribution is 7.13. The molecule has 0 saturated carbocycles. The molecule has 5 nitrogen and oxygen atoms in total. The Morgan fingerprint density at radius 2 is 2.26 bits per heavy atom. The molecule has 1 N–H and O–H groups in total. The number of rotatable bonds is 2. The number of halogens is 3. The van der Waals surface area contributed by atoms with Crippen LogP contribution in [0, 0.1) is 0 Å². The standard InChI is InChI=1S/C10H9F3N4OS/c11-10(12,13)9(1-2-14-4-9)8-16-7(17-18-8)6-3-15-5-19-6/h3,5,14H,1-2,4H2. The topological polar surface area (TPSA) is 63.8 Å². The maximum absolute atomic E-state index is 13.3. The molecule has 0 radical (unpaired) electrons. The van der Waals surface area contributed by atoms with E-state index in [2.05, 4.69) is 20.4 Å². The normalized spacial score (nSPS) is 23.9. The largest absolute Gasteiger partial charge is 0.404 e. The Labute approximate surface area is 109 Å². The third-order valence-electron chi connectivity index (χ3n) is 3.19. The maximum Gasteiger partial charge on any atom is 0.404 e. The summed E-state index contributed by atoms with van der Waals surface area (Å²) in [6.07, 6.45) is -3.03. The van der Waals surface area contributed by atoms with Crippen LogP contribution in [0.15, 0.2) is 16.2 Å². The first-order valence-electron chi connectivity index (χ1n) is 5.53. The van der Waals surface area contributed by atoms with Crippen LogP contribution in [-0.4, -0.2) is 34.4 Å². The van der Waals surface area contributed by atoms with Gasteiger partial charge in [0.15, 0.2) is 5.41 Å². The summed E-state index contributed by atoms with van der Waals surface area (Å²) in [4.78, 5) is 8.32. The predicted octanol–water partition coefficient (Wildman–Crippen LogP) is 1.99. The molecule has 1 unspecified atom stereocenters. The van der Waals surface area contributed by atoms with E-state index in [1.165, 1.54) is 17.5 Å². The highest BCUT2D eigenvalue weighted by Gasteiger charge is 2.61. The SMILES string of the molecule is FC(F)(F)C1(c2nc(-c3cncs3)no2)CCNC1. The van der Waals surface area contributed by atoms with E-state index in [1.54, 1.807) is 5.51 Å². The lowest BCUT2D eigenvalue weighted by Crippen LogP contribution is -2.44. The van der Waals surface area contributed by atoms with Crippen molar-refractivity contribution in [1.82, 2.24) is 20.4 Å². The van der Waals surface area contributed by atoms with Gasteiger partial charge in [-0.2, -0.15) is 18.2 Å². The van der Waals surface area contributed by atoms with Crippen LogP contribution in [0.1, 0.15) is 12.3 Å². The Morgan fingerprint density at radius 1 is 1.42 bits per heavy atom. The van der Waals surface area contributed by atoms with Crippen LogP contribution in [0.4, 0.5) is 13.2 Å². The molecule has 3 heterocycles. The first-order chi connectivity index (χ1) is 9.03. The van der Waals surface area contributed by atoms with E-state index in [9.17, 15) is 13.2 Å². The first-order valence-corrected chi connectivity index (χ1v) is 6.41. The maximum atomic E-state index is 13.3. The van der Waals surface area contributed by atoms with Gasteiger partial charge in [0.1, 0.15) is 0 Å². The number of nitrogens with zero attached hydrogens (tertiary/aromatic N) is 3. The molecule has 1 atom stereocenters. The summed E-state index contributed by atoms with van der Waals surface area (Å²) in [6.45, 7) is 0.0403. The lowest BCUT2D eigenvalue weighted by molar-refractivity contribution is -0.191. The van der Waals surface area contributed by atoms with Crippen LogP contribution in [0.25, 0.3) is 10.7 Å². The average molecular weight is 290 g/mol. The number of hydrogen-bond donors (Lipinski definition) is 1. The summed E-state index contributed by atoms with van der Waals surface area (Å²) in [6, 6.07) is 0. The molecule has 19 heavy (non-hydrogen) atoms. The van der Waals surface area contributed by atoms with Crippen molar-refractivity contribution in [2.75, 3.05) is 13.1 Å². The molecular weight excluding hydrogens is 281 g/mol. The summed E-state index contributed by atoms with van der Waals surface area (Å²) in [5.41, 5.74) is -0.523. The molecule has 1 aliphatic heterocycles. The van der Waals surface area contributed by atoms with Crippen molar-refractivity contribution in [3.8, 4) is 10.7 Å². The molecular formula is C10H9F3N4OS. The average Bonchev–Trinajstić information content (AvgIpc) is 3.10. The molecule has 102 valence electrons. The Balaban J connectivity index is 2.01. The van der Waals surface area contributed by atoms with E-state index in [4.69, 9.17) is 4.52 Å². The third kappa shape index (κ3) is 1.93. The van der Waals surface area contributed by atoms with E-state index in [1.807, 2.05) is 0 Å². The van der Waals surface area contributed by atoms with Gasteiger partial charge < -0.3 is 9.84 Å². The Hall–Kier alpha value is -1.48. The number of aromatic nitrogens is 3. The molecule has 1 aliphatic rings. The predicted molar refractivity (Wildman–Crippen MR) is 60.6 cm³/mol. The molecule has 2 aromatic heterocycles. The van der Waals surface area contributed by atoms with Crippen molar-refractivity contribution in [1.29, 1.82) is 0 Å². The minimum absolute atomic E-state index is 0.0964. The zero-order chi connectivity index (χ0) is 13.5. The van der Waals surface area contributed by atoms with Crippen LogP contribution in [0.3, 0.4) is 0 Å². The molecule has 9 heteroatoms. The number of nitrogens with one attached hydrogen (secondary N) is 1. The number of hydrogen-bond acceptors (Lipinski definition) is 6. The number of thiazole rings is 1. The minimum Gasteiger partial charge on any atom is -0.338 e. The quantitative estimate of drug-likeness (QED) is 0.916. The van der Waals surface area contributed by atoms with Gasteiger partial charge in [-0.3, -0.25) is 4.98 Å². The van der Waals surface area contributed by atoms with Crippen molar-refractivity contribution in [3.63, 3.8) is 0 Å². The fraction of sp³-hybridized carbons (Fsp3) is 0.500. The second-order valence-corrected chi connectivity index (χ2v) is 5.18. The van der Waals surface area contributed by atoms with E-state index < -0.39 is 11.6 Å². The van der Waals surface area contributed by atoms with Gasteiger partial charge in [-0.15, -0.1) is 11.3 Å². The summed E-state index contributed by atoms with van der Waals surface area (Å²) < 4.78 is 44.7. The van der Waals surface area contributed by atoms with Crippen LogP contribution in [0.2, 0.25) is 0 Å². The van der Waals surface area contributed by atoms with Gasteiger partial charge in [0.05, 0.1) is 10.4 Å². The van der Waals surface area contributed by atoms with Crippen molar-refractivity contribution in [3.05, 3.63) is 17.6 Å². The van der Waals surface area contributed by atoms with Crippen LogP contribution >= 0.6 is 11.3 Å². The van der Waals surface area contributed by atoms with E-state index in [0.717, 1.165) is 0 Å². The second-order valence-electron chi connectivity index (χ2n) is 4.30. The molecule has 0 aromatic carbocycles. The van der Waals surface area contributed by atoms with Crippen molar-refractivity contribution in [2.24, 2.45) is 0 Å². The molecule has 0 aliphatic carbocycles. The van der Waals surface area contributed by atoms with Gasteiger partial charge in [0, 0.05) is 12.7 Å². The molecule has 2 aromatic rings. The summed E-state index contributed by atoms with van der Waals surface area (Å²) >= 11 is 1.25. The van der Waals surface area contributed by atoms with Gasteiger partial charge in [0.2, 0.25) is 11.7 Å². The van der Waals surface area contributed by atoms with Crippen LogP contribution in [0.5, 0.6) is 0 Å². The lowest BCUT2D eigenvalue weighted by Gasteiger charge is -2.26. The van der Waals surface area contributed by atoms with E-state index in [-0.39, 0.29) is 31.2 Å². The molecule has 1 fully saturated rings. The van der Waals surface area contributed by atoms with Gasteiger partial charge >= 0.3 is 6.18 Å². The zero-order valence-corrected chi connectivity index (χ0v) is 10.4. The number of alkyl halides is 3. The minimum atomic E-state index is -4.42. The van der Waals surface area contributed by atoms with Crippen molar-refractivity contribution >= 4 is 11.3 Å². The van der Waals surface area contributed by atoms with E-state index in [0.29, 0.717) is 4.88 Å². The van der Waals surface area contributed by atoms with Crippen molar-refractivity contribution in [2.45, 2.75) is 18.0 Å². The van der Waals surface area contributed by atoms with Crippen LogP contribution in [-0.2, 0) is 5.41 Å². The molecule has 1 saturated heterocycles. The Kier molecular flexibility index (Phi) is 2.82. The second kappa shape index (κ2) is 4.27. The van der Waals surface area contributed by atoms with Gasteiger partial charge in [-0.1, -0.05) is 5.16 Å². The first kappa shape index (κ1) is 12.5. The van der Waals surface area contributed by atoms with Crippen molar-refractivity contribution < 1.29 is 17.7 Å². The van der Waals surface area contributed by atoms with E-state index >= 15 is 0 Å². The Bertz CT molecular complexity index is 560. The lowest BCUT2D eigenvalue weighted by atomic mass is 9.86. The van der Waals surface area contributed by atoms with Gasteiger partial charge in [0.25, 0.3) is 0 Å². The fourth-order valence-electron chi connectivity index (χ4n) is 2.08. The zero-order valence-electron chi connectivity index (χ0n) is 9.57.